The van der Waals surface area contributed by atoms with Crippen LogP contribution in [0.2, 0.25) is 0 Å². The van der Waals surface area contributed by atoms with Crippen molar-refractivity contribution in [2.45, 2.75) is 58.8 Å². The van der Waals surface area contributed by atoms with Gasteiger partial charge in [0, 0.05) is 12.2 Å². The third kappa shape index (κ3) is 9.65. The Morgan fingerprint density at radius 3 is 2.03 bits per heavy atom. The summed E-state index contributed by atoms with van der Waals surface area (Å²) >= 11 is 0. The van der Waals surface area contributed by atoms with Gasteiger partial charge in [-0.2, -0.15) is 0 Å². The van der Waals surface area contributed by atoms with Crippen molar-refractivity contribution < 1.29 is 19.0 Å². The second-order valence-electron chi connectivity index (χ2n) is 9.09. The van der Waals surface area contributed by atoms with E-state index in [1.54, 1.807) is 0 Å². The molecule has 6 nitrogen and oxygen atoms in total. The summed E-state index contributed by atoms with van der Waals surface area (Å²) in [5, 5.41) is 6.22. The zero-order valence-electron chi connectivity index (χ0n) is 18.8. The zero-order valence-corrected chi connectivity index (χ0v) is 18.8. The molecule has 2 aromatic rings. The van der Waals surface area contributed by atoms with Crippen LogP contribution in [0.25, 0.3) is 0 Å². The van der Waals surface area contributed by atoms with Crippen molar-refractivity contribution in [2.24, 2.45) is 0 Å². The Morgan fingerprint density at radius 2 is 1.47 bits per heavy atom. The maximum absolute atomic E-state index is 12.2. The number of anilines is 1. The van der Waals surface area contributed by atoms with Gasteiger partial charge in [0.2, 0.25) is 0 Å². The van der Waals surface area contributed by atoms with Gasteiger partial charge in [-0.05, 0) is 77.9 Å². The second-order valence-corrected chi connectivity index (χ2v) is 9.09. The van der Waals surface area contributed by atoms with Crippen molar-refractivity contribution in [3.8, 4) is 11.5 Å². The molecule has 0 saturated heterocycles. The molecule has 0 aliphatic rings. The van der Waals surface area contributed by atoms with Gasteiger partial charge < -0.3 is 24.8 Å². The zero-order chi connectivity index (χ0) is 22.2. The van der Waals surface area contributed by atoms with Crippen LogP contribution in [0.3, 0.4) is 0 Å². The molecule has 164 valence electrons. The number of rotatable bonds is 8. The largest absolute Gasteiger partial charge is 0.457 e. The van der Waals surface area contributed by atoms with E-state index in [-0.39, 0.29) is 11.6 Å². The molecule has 1 unspecified atom stereocenters. The first-order valence-corrected chi connectivity index (χ1v) is 10.2. The highest BCUT2D eigenvalue weighted by Gasteiger charge is 2.21. The molecule has 0 spiro atoms. The number of hydrogen-bond acceptors (Lipinski definition) is 5. The number of benzene rings is 2. The average Bonchev–Trinajstić information content (AvgIpc) is 2.64. The van der Waals surface area contributed by atoms with Crippen molar-refractivity contribution in [2.75, 3.05) is 18.5 Å². The number of amides is 1. The van der Waals surface area contributed by atoms with Gasteiger partial charge in [0.1, 0.15) is 17.1 Å². The quantitative estimate of drug-likeness (QED) is 0.588. The minimum Gasteiger partial charge on any atom is -0.457 e. The lowest BCUT2D eigenvalue weighted by Crippen LogP contribution is -2.46. The predicted octanol–water partition coefficient (Wildman–Crippen LogP) is 5.60. The van der Waals surface area contributed by atoms with Gasteiger partial charge in [0.05, 0.1) is 18.2 Å². The van der Waals surface area contributed by atoms with E-state index in [0.29, 0.717) is 13.2 Å². The summed E-state index contributed by atoms with van der Waals surface area (Å²) in [7, 11) is 0. The molecule has 6 heteroatoms. The molecule has 0 aliphatic carbocycles. The van der Waals surface area contributed by atoms with Gasteiger partial charge in [0.15, 0.2) is 0 Å². The fraction of sp³-hybridized carbons (Fsp3) is 0.458. The molecular weight excluding hydrogens is 380 g/mol. The Bertz CT molecular complexity index is 778. The smallest absolute Gasteiger partial charge is 0.408 e. The Hall–Kier alpha value is -2.73. The minimum atomic E-state index is -0.554. The number of alkyl carbamates (subject to hydrolysis) is 1. The lowest BCUT2D eigenvalue weighted by Gasteiger charge is -2.27. The van der Waals surface area contributed by atoms with Gasteiger partial charge >= 0.3 is 6.09 Å². The van der Waals surface area contributed by atoms with E-state index in [4.69, 9.17) is 14.2 Å². The summed E-state index contributed by atoms with van der Waals surface area (Å²) in [4.78, 5) is 12.2. The van der Waals surface area contributed by atoms with Crippen molar-refractivity contribution in [3.05, 3.63) is 54.6 Å². The molecule has 1 amide bonds. The van der Waals surface area contributed by atoms with Crippen LogP contribution < -0.4 is 15.4 Å². The lowest BCUT2D eigenvalue weighted by molar-refractivity contribution is -0.0154. The van der Waals surface area contributed by atoms with E-state index < -0.39 is 11.7 Å². The molecule has 0 bridgehead atoms. The van der Waals surface area contributed by atoms with Crippen LogP contribution in [0.1, 0.15) is 41.5 Å². The van der Waals surface area contributed by atoms with Gasteiger partial charge in [-0.15, -0.1) is 0 Å². The number of ether oxygens (including phenoxy) is 3. The second kappa shape index (κ2) is 10.3. The maximum atomic E-state index is 12.2. The number of nitrogens with one attached hydrogen (secondary N) is 2. The SMILES string of the molecule is CC(C)(C)OCC(CNc1ccc(Oc2ccccc2)cc1)NC(=O)OC(C)(C)C. The Balaban J connectivity index is 1.93. The third-order valence-corrected chi connectivity index (χ3v) is 3.82. The summed E-state index contributed by atoms with van der Waals surface area (Å²) in [6, 6.07) is 17.1. The highest BCUT2D eigenvalue weighted by atomic mass is 16.6. The van der Waals surface area contributed by atoms with Crippen LogP contribution in [-0.4, -0.2) is 36.5 Å². The van der Waals surface area contributed by atoms with Crippen LogP contribution in [0.5, 0.6) is 11.5 Å². The van der Waals surface area contributed by atoms with Crippen molar-refractivity contribution in [1.29, 1.82) is 0 Å². The first kappa shape index (κ1) is 23.5. The Kier molecular flexibility index (Phi) is 8.12. The molecule has 0 aromatic heterocycles. The van der Waals surface area contributed by atoms with Crippen LogP contribution in [0, 0.1) is 0 Å². The molecule has 30 heavy (non-hydrogen) atoms. The number of para-hydroxylation sites is 1. The first-order valence-electron chi connectivity index (χ1n) is 10.2. The molecule has 0 fully saturated rings. The maximum Gasteiger partial charge on any atom is 0.408 e. The average molecular weight is 415 g/mol. The van der Waals surface area contributed by atoms with E-state index in [2.05, 4.69) is 10.6 Å². The van der Waals surface area contributed by atoms with Crippen molar-refractivity contribution in [3.63, 3.8) is 0 Å². The minimum absolute atomic E-state index is 0.251. The number of hydrogen-bond donors (Lipinski definition) is 2. The van der Waals surface area contributed by atoms with E-state index in [1.165, 1.54) is 0 Å². The topological polar surface area (TPSA) is 68.8 Å². The summed E-state index contributed by atoms with van der Waals surface area (Å²) in [5.41, 5.74) is 0.0633. The number of carbonyl (C=O) groups is 1. The van der Waals surface area contributed by atoms with E-state index in [1.807, 2.05) is 96.1 Å². The van der Waals surface area contributed by atoms with Crippen molar-refractivity contribution >= 4 is 11.8 Å². The van der Waals surface area contributed by atoms with E-state index in [0.717, 1.165) is 17.2 Å². The molecule has 2 rings (SSSR count). The fourth-order valence-corrected chi connectivity index (χ4v) is 2.48. The summed E-state index contributed by atoms with van der Waals surface area (Å²) in [6.45, 7) is 12.3. The lowest BCUT2D eigenvalue weighted by atomic mass is 10.2. The number of carbonyl (C=O) groups excluding carboxylic acids is 1. The molecule has 1 atom stereocenters. The monoisotopic (exact) mass is 414 g/mol. The molecule has 0 radical (unpaired) electrons. The van der Waals surface area contributed by atoms with Crippen LogP contribution in [0.4, 0.5) is 10.5 Å². The standard InChI is InChI=1S/C24H34N2O4/c1-23(2,3)28-17-19(26-22(27)30-24(4,5)6)16-25-18-12-14-21(15-13-18)29-20-10-8-7-9-11-20/h7-15,19,25H,16-17H2,1-6H3,(H,26,27). The molecule has 2 N–H and O–H groups in total. The molecular formula is C24H34N2O4. The van der Waals surface area contributed by atoms with Crippen LogP contribution in [0.15, 0.2) is 54.6 Å². The summed E-state index contributed by atoms with van der Waals surface area (Å²) in [5.74, 6) is 1.55. The van der Waals surface area contributed by atoms with Crippen molar-refractivity contribution in [1.82, 2.24) is 5.32 Å². The van der Waals surface area contributed by atoms with Crippen LogP contribution >= 0.6 is 0 Å². The third-order valence-electron chi connectivity index (χ3n) is 3.82. The highest BCUT2D eigenvalue weighted by molar-refractivity contribution is 5.68. The van der Waals surface area contributed by atoms with E-state index in [9.17, 15) is 4.79 Å². The molecule has 2 aromatic carbocycles. The Labute approximate surface area is 179 Å². The molecule has 0 saturated carbocycles. The van der Waals surface area contributed by atoms with Gasteiger partial charge in [-0.1, -0.05) is 18.2 Å². The normalized spacial score (nSPS) is 12.7. The van der Waals surface area contributed by atoms with Gasteiger partial charge in [0.25, 0.3) is 0 Å². The highest BCUT2D eigenvalue weighted by Crippen LogP contribution is 2.22. The first-order chi connectivity index (χ1) is 14.0. The summed E-state index contributed by atoms with van der Waals surface area (Å²) < 4.78 is 17.1. The summed E-state index contributed by atoms with van der Waals surface area (Å²) in [6.07, 6.45) is -0.460. The molecule has 0 heterocycles. The van der Waals surface area contributed by atoms with Gasteiger partial charge in [-0.25, -0.2) is 4.79 Å². The predicted molar refractivity (Wildman–Crippen MR) is 120 cm³/mol. The Morgan fingerprint density at radius 1 is 0.867 bits per heavy atom. The fourth-order valence-electron chi connectivity index (χ4n) is 2.48. The van der Waals surface area contributed by atoms with Gasteiger partial charge in [-0.3, -0.25) is 0 Å². The van der Waals surface area contributed by atoms with Crippen LogP contribution in [-0.2, 0) is 9.47 Å². The molecule has 0 aliphatic heterocycles. The van der Waals surface area contributed by atoms with E-state index >= 15 is 0 Å².